The molecular weight excluding hydrogens is 446 g/mol. The zero-order chi connectivity index (χ0) is 21.1. The van der Waals surface area contributed by atoms with E-state index in [0.29, 0.717) is 12.8 Å². The van der Waals surface area contributed by atoms with E-state index in [1.165, 1.54) is 0 Å². The highest BCUT2D eigenvalue weighted by molar-refractivity contribution is 6.54. The van der Waals surface area contributed by atoms with Crippen molar-refractivity contribution in [3.63, 3.8) is 0 Å². The summed E-state index contributed by atoms with van der Waals surface area (Å²) in [5.74, 6) is -1.56. The predicted molar refractivity (Wildman–Crippen MR) is 115 cm³/mol. The van der Waals surface area contributed by atoms with Crippen molar-refractivity contribution in [2.24, 2.45) is 0 Å². The Labute approximate surface area is 186 Å². The van der Waals surface area contributed by atoms with Crippen molar-refractivity contribution < 1.29 is 19.1 Å². The molecule has 0 N–H and O–H groups in total. The van der Waals surface area contributed by atoms with Gasteiger partial charge in [0.25, 0.3) is 0 Å². The molecule has 0 aliphatic heterocycles. The van der Waals surface area contributed by atoms with E-state index in [2.05, 4.69) is 13.8 Å². The van der Waals surface area contributed by atoms with Gasteiger partial charge in [0.2, 0.25) is 0 Å². The fraction of sp³-hybridized carbons (Fsp3) is 0.600. The Hall–Kier alpha value is -0.680. The zero-order valence-corrected chi connectivity index (χ0v) is 19.2. The maximum Gasteiger partial charge on any atom is 0.340 e. The lowest BCUT2D eigenvalue weighted by Gasteiger charge is -2.15. The van der Waals surface area contributed by atoms with Gasteiger partial charge < -0.3 is 9.47 Å². The van der Waals surface area contributed by atoms with Gasteiger partial charge in [-0.3, -0.25) is 0 Å². The molecule has 0 radical (unpaired) electrons. The summed E-state index contributed by atoms with van der Waals surface area (Å²) in [5.41, 5.74) is -0.426. The number of carbonyl (C=O) groups is 2. The van der Waals surface area contributed by atoms with Crippen LogP contribution >= 0.6 is 46.4 Å². The summed E-state index contributed by atoms with van der Waals surface area (Å²) in [5, 5.41) is -0.559. The fourth-order valence-electron chi connectivity index (χ4n) is 2.55. The molecule has 0 aliphatic carbocycles. The molecule has 1 aromatic rings. The summed E-state index contributed by atoms with van der Waals surface area (Å²) in [4.78, 5) is 25.2. The van der Waals surface area contributed by atoms with Crippen LogP contribution in [0.3, 0.4) is 0 Å². The van der Waals surface area contributed by atoms with Crippen LogP contribution in [0.1, 0.15) is 85.9 Å². The Morgan fingerprint density at radius 3 is 1.29 bits per heavy atom. The summed E-state index contributed by atoms with van der Waals surface area (Å²) in [6, 6.07) is 0. The molecule has 0 aromatic heterocycles. The summed E-state index contributed by atoms with van der Waals surface area (Å²) < 4.78 is 10.5. The van der Waals surface area contributed by atoms with Crippen molar-refractivity contribution in [1.29, 1.82) is 0 Å². The first kappa shape index (κ1) is 25.4. The molecule has 0 saturated carbocycles. The van der Waals surface area contributed by atoms with Crippen molar-refractivity contribution in [2.75, 3.05) is 13.2 Å². The average molecular weight is 472 g/mol. The van der Waals surface area contributed by atoms with E-state index in [-0.39, 0.29) is 44.4 Å². The van der Waals surface area contributed by atoms with E-state index < -0.39 is 11.9 Å². The van der Waals surface area contributed by atoms with E-state index in [4.69, 9.17) is 55.9 Å². The first-order chi connectivity index (χ1) is 13.4. The number of ether oxygens (including phenoxy) is 2. The van der Waals surface area contributed by atoms with Crippen molar-refractivity contribution in [3.8, 4) is 0 Å². The number of rotatable bonds is 12. The minimum atomic E-state index is -0.778. The average Bonchev–Trinajstić information content (AvgIpc) is 2.68. The molecule has 1 aromatic carbocycles. The van der Waals surface area contributed by atoms with Crippen LogP contribution in [0, 0.1) is 0 Å². The van der Waals surface area contributed by atoms with Gasteiger partial charge in [-0.25, -0.2) is 9.59 Å². The summed E-state index contributed by atoms with van der Waals surface area (Å²) in [6.45, 7) is 4.59. The number of esters is 2. The Morgan fingerprint density at radius 1 is 0.607 bits per heavy atom. The first-order valence-corrected chi connectivity index (χ1v) is 11.1. The minimum Gasteiger partial charge on any atom is -0.462 e. The van der Waals surface area contributed by atoms with E-state index in [1.54, 1.807) is 0 Å². The Balaban J connectivity index is 3.00. The van der Waals surface area contributed by atoms with Gasteiger partial charge in [-0.1, -0.05) is 98.8 Å². The van der Waals surface area contributed by atoms with Gasteiger partial charge >= 0.3 is 11.9 Å². The van der Waals surface area contributed by atoms with Gasteiger partial charge in [0.15, 0.2) is 0 Å². The monoisotopic (exact) mass is 470 g/mol. The Morgan fingerprint density at radius 2 is 0.964 bits per heavy atom. The SMILES string of the molecule is CCCCCCOC(=O)c1c(Cl)c(Cl)c(Cl)c(Cl)c1C(=O)OCCCCCC. The van der Waals surface area contributed by atoms with Crippen LogP contribution < -0.4 is 0 Å². The van der Waals surface area contributed by atoms with E-state index in [1.807, 2.05) is 0 Å². The van der Waals surface area contributed by atoms with E-state index >= 15 is 0 Å². The van der Waals surface area contributed by atoms with Crippen LogP contribution in [0.15, 0.2) is 0 Å². The maximum atomic E-state index is 12.6. The smallest absolute Gasteiger partial charge is 0.340 e. The van der Waals surface area contributed by atoms with Crippen LogP contribution in [0.25, 0.3) is 0 Å². The van der Waals surface area contributed by atoms with Gasteiger partial charge in [-0.2, -0.15) is 0 Å². The molecule has 0 aliphatic rings. The molecule has 0 spiro atoms. The molecule has 1 rings (SSSR count). The molecule has 28 heavy (non-hydrogen) atoms. The molecule has 0 amide bonds. The molecule has 0 heterocycles. The Bertz CT molecular complexity index is 620. The molecule has 0 saturated heterocycles. The Kier molecular flexibility index (Phi) is 12.2. The molecule has 0 fully saturated rings. The highest BCUT2D eigenvalue weighted by atomic mass is 35.5. The number of benzene rings is 1. The highest BCUT2D eigenvalue weighted by Crippen LogP contribution is 2.42. The molecule has 158 valence electrons. The molecule has 4 nitrogen and oxygen atoms in total. The lowest BCUT2D eigenvalue weighted by atomic mass is 10.1. The van der Waals surface area contributed by atoms with E-state index in [0.717, 1.165) is 38.5 Å². The quantitative estimate of drug-likeness (QED) is 0.135. The highest BCUT2D eigenvalue weighted by Gasteiger charge is 2.30. The van der Waals surface area contributed by atoms with Crippen LogP contribution in [0.5, 0.6) is 0 Å². The molecule has 8 heteroatoms. The molecule has 0 atom stereocenters. The standard InChI is InChI=1S/C20H26Cl4O4/c1-3-5-7-9-11-27-19(25)13-14(16(22)18(24)17(23)15(13)21)20(26)28-12-10-8-6-4-2/h3-12H2,1-2H3. The summed E-state index contributed by atoms with van der Waals surface area (Å²) >= 11 is 24.5. The van der Waals surface area contributed by atoms with Crippen molar-refractivity contribution in [2.45, 2.75) is 65.2 Å². The van der Waals surface area contributed by atoms with Crippen molar-refractivity contribution in [1.82, 2.24) is 0 Å². The van der Waals surface area contributed by atoms with Gasteiger partial charge in [0, 0.05) is 0 Å². The van der Waals surface area contributed by atoms with Crippen LogP contribution in [0.2, 0.25) is 20.1 Å². The number of hydrogen-bond acceptors (Lipinski definition) is 4. The third-order valence-corrected chi connectivity index (χ3v) is 5.94. The third-order valence-electron chi connectivity index (χ3n) is 4.14. The number of unbranched alkanes of at least 4 members (excludes halogenated alkanes) is 6. The van der Waals surface area contributed by atoms with Gasteiger partial charge in [-0.15, -0.1) is 0 Å². The maximum absolute atomic E-state index is 12.6. The largest absolute Gasteiger partial charge is 0.462 e. The van der Waals surface area contributed by atoms with Gasteiger partial charge in [0.1, 0.15) is 0 Å². The van der Waals surface area contributed by atoms with Crippen LogP contribution in [-0.2, 0) is 9.47 Å². The second-order valence-corrected chi connectivity index (χ2v) is 7.91. The number of halogens is 4. The number of carbonyl (C=O) groups excluding carboxylic acids is 2. The first-order valence-electron chi connectivity index (χ1n) is 9.56. The predicted octanol–water partition coefficient (Wildman–Crippen LogP) is 7.77. The fourth-order valence-corrected chi connectivity index (χ4v) is 3.55. The van der Waals surface area contributed by atoms with Crippen LogP contribution in [0.4, 0.5) is 0 Å². The second-order valence-electron chi connectivity index (χ2n) is 6.40. The van der Waals surface area contributed by atoms with Crippen LogP contribution in [-0.4, -0.2) is 25.2 Å². The molecule has 0 bridgehead atoms. The van der Waals surface area contributed by atoms with Crippen molar-refractivity contribution in [3.05, 3.63) is 31.2 Å². The lowest BCUT2D eigenvalue weighted by molar-refractivity contribution is 0.0451. The molecular formula is C20H26Cl4O4. The van der Waals surface area contributed by atoms with Gasteiger partial charge in [0.05, 0.1) is 44.4 Å². The summed E-state index contributed by atoms with van der Waals surface area (Å²) in [6.07, 6.45) is 7.53. The topological polar surface area (TPSA) is 52.6 Å². The normalized spacial score (nSPS) is 10.8. The van der Waals surface area contributed by atoms with E-state index in [9.17, 15) is 9.59 Å². The summed E-state index contributed by atoms with van der Waals surface area (Å²) in [7, 11) is 0. The third kappa shape index (κ3) is 7.29. The lowest BCUT2D eigenvalue weighted by Crippen LogP contribution is -2.17. The minimum absolute atomic E-state index is 0.106. The molecule has 0 unspecified atom stereocenters. The van der Waals surface area contributed by atoms with Crippen molar-refractivity contribution >= 4 is 58.3 Å². The number of hydrogen-bond donors (Lipinski definition) is 0. The second kappa shape index (κ2) is 13.5. The van der Waals surface area contributed by atoms with Gasteiger partial charge in [-0.05, 0) is 12.8 Å². The zero-order valence-electron chi connectivity index (χ0n) is 16.2.